The van der Waals surface area contributed by atoms with Gasteiger partial charge in [-0.1, -0.05) is 57.2 Å². The molecule has 0 aromatic heterocycles. The van der Waals surface area contributed by atoms with E-state index in [4.69, 9.17) is 22.6 Å². The summed E-state index contributed by atoms with van der Waals surface area (Å²) in [6, 6.07) is 28.1. The number of carbonyl (C=O) groups excluding carboxylic acids is 2. The summed E-state index contributed by atoms with van der Waals surface area (Å²) in [4.78, 5) is 28.1. The van der Waals surface area contributed by atoms with Crippen molar-refractivity contribution in [3.8, 4) is 23.0 Å². The Balaban J connectivity index is 1.25. The van der Waals surface area contributed by atoms with Crippen molar-refractivity contribution in [1.29, 1.82) is 0 Å². The third-order valence-corrected chi connectivity index (χ3v) is 11.1. The Bertz CT molecular complexity index is 2220. The van der Waals surface area contributed by atoms with Crippen LogP contribution in [0.5, 0.6) is 23.0 Å². The lowest BCUT2D eigenvalue weighted by atomic mass is 9.87. The number of hydrogen-bond acceptors (Lipinski definition) is 11. The second kappa shape index (κ2) is 18.8. The molecule has 0 bridgehead atoms. The average Bonchev–Trinajstić information content (AvgIpc) is 3.56. The van der Waals surface area contributed by atoms with Crippen molar-refractivity contribution < 1.29 is 49.0 Å². The Morgan fingerprint density at radius 1 is 0.719 bits per heavy atom. The van der Waals surface area contributed by atoms with Crippen molar-refractivity contribution in [2.24, 2.45) is 0 Å². The van der Waals surface area contributed by atoms with Gasteiger partial charge >= 0.3 is 11.8 Å². The fourth-order valence-corrected chi connectivity index (χ4v) is 7.51. The number of carbonyl (C=O) groups is 2. The fraction of sp³-hybridized carbons (Fsp3) is 0.333. The van der Waals surface area contributed by atoms with Crippen LogP contribution >= 0.6 is 0 Å². The van der Waals surface area contributed by atoms with E-state index in [0.717, 1.165) is 11.0 Å². The van der Waals surface area contributed by atoms with Crippen molar-refractivity contribution in [3.63, 3.8) is 0 Å². The zero-order valence-electron chi connectivity index (χ0n) is 32.5. The summed E-state index contributed by atoms with van der Waals surface area (Å²) in [6.45, 7) is 9.75. The smallest absolute Gasteiger partial charge is 0.313 e. The molecule has 0 radical (unpaired) electrons. The minimum Gasteiger partial charge on any atom is -0.485 e. The molecule has 0 aliphatic carbocycles. The lowest BCUT2D eigenvalue weighted by Crippen LogP contribution is -2.39. The molecule has 304 valence electrons. The van der Waals surface area contributed by atoms with Gasteiger partial charge in [-0.3, -0.25) is 18.0 Å². The molecule has 0 spiro atoms. The molecule has 5 rings (SSSR count). The third-order valence-electron chi connectivity index (χ3n) is 8.79. The summed E-state index contributed by atoms with van der Waals surface area (Å²) in [5.74, 6) is 0.316. The van der Waals surface area contributed by atoms with Crippen LogP contribution in [-0.4, -0.2) is 77.8 Å². The quantitative estimate of drug-likeness (QED) is 0.0946. The highest BCUT2D eigenvalue weighted by molar-refractivity contribution is 7.89. The van der Waals surface area contributed by atoms with E-state index in [2.05, 4.69) is 26.1 Å². The SMILES string of the molecule is CCOS(=O)(=O)/C=C/c1ccc(O[C@@H]2CN(C(=O)C(=O)Nc3ccc(Oc4ccc(C(C)(C)C)cc4)cc3)C[C@@H]2Oc2ccc(CCS(=O)(=O)OCC)cc2)cc1. The highest BCUT2D eigenvalue weighted by Gasteiger charge is 2.40. The summed E-state index contributed by atoms with van der Waals surface area (Å²) in [5, 5.41) is 3.63. The number of nitrogens with one attached hydrogen (secondary N) is 1. The summed E-state index contributed by atoms with van der Waals surface area (Å²) in [7, 11) is -7.44. The first kappa shape index (κ1) is 42.9. The first-order chi connectivity index (χ1) is 27.0. The molecule has 13 nitrogen and oxygen atoms in total. The van der Waals surface area contributed by atoms with Gasteiger partial charge in [0.2, 0.25) is 0 Å². The molecular weight excluding hydrogens is 773 g/mol. The Labute approximate surface area is 334 Å². The molecule has 15 heteroatoms. The Hall–Kier alpha value is -5.22. The van der Waals surface area contributed by atoms with E-state index in [1.807, 2.05) is 24.3 Å². The van der Waals surface area contributed by atoms with Crippen LogP contribution in [0.3, 0.4) is 0 Å². The molecule has 1 heterocycles. The number of nitrogens with zero attached hydrogens (tertiary/aromatic N) is 1. The van der Waals surface area contributed by atoms with Crippen molar-refractivity contribution in [2.45, 2.75) is 58.7 Å². The van der Waals surface area contributed by atoms with Gasteiger partial charge < -0.3 is 24.4 Å². The topological polar surface area (TPSA) is 164 Å². The van der Waals surface area contributed by atoms with E-state index in [1.54, 1.807) is 86.6 Å². The first-order valence-corrected chi connectivity index (χ1v) is 21.5. The van der Waals surface area contributed by atoms with E-state index in [1.165, 1.54) is 16.5 Å². The summed E-state index contributed by atoms with van der Waals surface area (Å²) in [6.07, 6.45) is 0.248. The van der Waals surface area contributed by atoms with Crippen molar-refractivity contribution in [3.05, 3.63) is 119 Å². The zero-order valence-corrected chi connectivity index (χ0v) is 34.2. The number of benzene rings is 4. The molecule has 0 unspecified atom stereocenters. The maximum absolute atomic E-state index is 13.5. The Morgan fingerprint density at radius 3 is 1.75 bits per heavy atom. The van der Waals surface area contributed by atoms with E-state index in [0.29, 0.717) is 34.2 Å². The number of aryl methyl sites for hydroxylation is 1. The van der Waals surface area contributed by atoms with Crippen molar-refractivity contribution in [1.82, 2.24) is 4.90 Å². The number of hydrogen-bond donors (Lipinski definition) is 1. The number of anilines is 1. The maximum atomic E-state index is 13.5. The lowest BCUT2D eigenvalue weighted by molar-refractivity contribution is -0.142. The van der Waals surface area contributed by atoms with Gasteiger partial charge in [0.15, 0.2) is 12.2 Å². The first-order valence-electron chi connectivity index (χ1n) is 18.5. The van der Waals surface area contributed by atoms with Gasteiger partial charge in [-0.25, -0.2) is 0 Å². The number of amides is 2. The van der Waals surface area contributed by atoms with Crippen molar-refractivity contribution >= 4 is 43.8 Å². The van der Waals surface area contributed by atoms with E-state index >= 15 is 0 Å². The molecule has 2 atom stereocenters. The lowest BCUT2D eigenvalue weighted by Gasteiger charge is -2.21. The van der Waals surface area contributed by atoms with E-state index < -0.39 is 44.3 Å². The molecule has 1 fully saturated rings. The molecule has 1 aliphatic rings. The van der Waals surface area contributed by atoms with Gasteiger partial charge in [-0.15, -0.1) is 0 Å². The maximum Gasteiger partial charge on any atom is 0.313 e. The summed E-state index contributed by atoms with van der Waals surface area (Å²) < 4.78 is 75.8. The van der Waals surface area contributed by atoms with Gasteiger partial charge in [0.25, 0.3) is 20.2 Å². The van der Waals surface area contributed by atoms with Crippen LogP contribution in [0.15, 0.2) is 102 Å². The molecule has 4 aromatic rings. The highest BCUT2D eigenvalue weighted by atomic mass is 32.2. The van der Waals surface area contributed by atoms with E-state index in [9.17, 15) is 26.4 Å². The number of rotatable bonds is 16. The standard InChI is InChI=1S/C42H48N2O11S2/c1-6-51-56(47,48)26-24-30-8-16-36(17-9-30)54-38-28-44(29-39(38)55-37-18-10-31(11-19-37)25-27-57(49,50)52-7-2)41(46)40(45)43-33-14-22-35(23-15-33)53-34-20-12-32(13-21-34)42(3,4)5/h8-24,26,38-39H,6-7,25,27-29H2,1-5H3,(H,43,45)/b26-24+/t38-,39+/m1/s1. The number of ether oxygens (including phenoxy) is 3. The van der Waals surface area contributed by atoms with Gasteiger partial charge in [0, 0.05) is 5.69 Å². The van der Waals surface area contributed by atoms with Crippen LogP contribution in [0.1, 0.15) is 51.3 Å². The second-order valence-electron chi connectivity index (χ2n) is 14.2. The molecular formula is C42H48N2O11S2. The van der Waals surface area contributed by atoms with Crippen LogP contribution in [0, 0.1) is 0 Å². The predicted octanol–water partition coefficient (Wildman–Crippen LogP) is 6.70. The Kier molecular flexibility index (Phi) is 14.2. The zero-order chi connectivity index (χ0) is 41.2. The van der Waals surface area contributed by atoms with Crippen LogP contribution in [0.2, 0.25) is 0 Å². The predicted molar refractivity (Wildman–Crippen MR) is 217 cm³/mol. The molecule has 4 aromatic carbocycles. The van der Waals surface area contributed by atoms with Crippen LogP contribution < -0.4 is 19.5 Å². The second-order valence-corrected chi connectivity index (χ2v) is 17.5. The van der Waals surface area contributed by atoms with Crippen LogP contribution in [0.25, 0.3) is 6.08 Å². The summed E-state index contributed by atoms with van der Waals surface area (Å²) >= 11 is 0. The largest absolute Gasteiger partial charge is 0.485 e. The fourth-order valence-electron chi connectivity index (χ4n) is 5.82. The number of likely N-dealkylation sites (tertiary alicyclic amines) is 1. The van der Waals surface area contributed by atoms with E-state index in [-0.39, 0.29) is 43.9 Å². The van der Waals surface area contributed by atoms with Gasteiger partial charge in [0.05, 0.1) is 37.5 Å². The van der Waals surface area contributed by atoms with Gasteiger partial charge in [-0.05, 0) is 109 Å². The molecule has 2 amide bonds. The molecule has 57 heavy (non-hydrogen) atoms. The van der Waals surface area contributed by atoms with Gasteiger partial charge in [0.1, 0.15) is 23.0 Å². The third kappa shape index (κ3) is 12.9. The minimum absolute atomic E-state index is 0.0179. The minimum atomic E-state index is -3.81. The van der Waals surface area contributed by atoms with Crippen LogP contribution in [0.4, 0.5) is 5.69 Å². The highest BCUT2D eigenvalue weighted by Crippen LogP contribution is 2.29. The Morgan fingerprint density at radius 2 is 1.23 bits per heavy atom. The normalized spacial score (nSPS) is 16.1. The summed E-state index contributed by atoms with van der Waals surface area (Å²) in [5.41, 5.74) is 2.95. The monoisotopic (exact) mass is 820 g/mol. The molecule has 1 aliphatic heterocycles. The molecule has 1 N–H and O–H groups in total. The van der Waals surface area contributed by atoms with Crippen molar-refractivity contribution in [2.75, 3.05) is 37.4 Å². The average molecular weight is 821 g/mol. The molecule has 0 saturated carbocycles. The van der Waals surface area contributed by atoms with Gasteiger partial charge in [-0.2, -0.15) is 16.8 Å². The molecule has 1 saturated heterocycles. The van der Waals surface area contributed by atoms with Crippen LogP contribution in [-0.2, 0) is 50.0 Å².